The molecule has 2 N–H and O–H groups in total. The van der Waals surface area contributed by atoms with Crippen LogP contribution >= 0.6 is 22.7 Å². The normalized spacial score (nSPS) is 16.9. The van der Waals surface area contributed by atoms with Crippen molar-refractivity contribution in [2.24, 2.45) is 5.92 Å². The van der Waals surface area contributed by atoms with Crippen molar-refractivity contribution in [3.63, 3.8) is 0 Å². The monoisotopic (exact) mass is 478 g/mol. The van der Waals surface area contributed by atoms with Crippen LogP contribution in [0.15, 0.2) is 40.6 Å². The fourth-order valence-corrected chi connectivity index (χ4v) is 5.73. The summed E-state index contributed by atoms with van der Waals surface area (Å²) in [5, 5.41) is 8.13. The van der Waals surface area contributed by atoms with Gasteiger partial charge in [-0.05, 0) is 42.5 Å². The number of nitrogens with one attached hydrogen (secondary N) is 2. The third-order valence-electron chi connectivity index (χ3n) is 5.09. The van der Waals surface area contributed by atoms with Gasteiger partial charge >= 0.3 is 6.03 Å². The number of amides is 3. The van der Waals surface area contributed by atoms with Crippen LogP contribution in [0.5, 0.6) is 0 Å². The van der Waals surface area contributed by atoms with Gasteiger partial charge in [0.2, 0.25) is 5.91 Å². The van der Waals surface area contributed by atoms with Crippen molar-refractivity contribution in [1.29, 1.82) is 0 Å². The van der Waals surface area contributed by atoms with Gasteiger partial charge in [-0.25, -0.2) is 18.2 Å². The molecule has 1 aromatic carbocycles. The van der Waals surface area contributed by atoms with E-state index in [1.165, 1.54) is 17.4 Å². The Labute approximate surface area is 188 Å². The number of hydrogen-bond donors (Lipinski definition) is 2. The minimum absolute atomic E-state index is 0.167. The first-order valence-electron chi connectivity index (χ1n) is 9.76. The van der Waals surface area contributed by atoms with E-state index in [0.717, 1.165) is 17.6 Å². The van der Waals surface area contributed by atoms with Crippen molar-refractivity contribution in [3.8, 4) is 0 Å². The number of thiazole rings is 1. The Kier molecular flexibility index (Phi) is 6.26. The molecule has 1 saturated heterocycles. The van der Waals surface area contributed by atoms with E-state index in [1.54, 1.807) is 28.4 Å². The molecule has 2 aromatic heterocycles. The molecular formula is C20H22N4O4S3. The van der Waals surface area contributed by atoms with Crippen LogP contribution in [-0.4, -0.2) is 49.6 Å². The van der Waals surface area contributed by atoms with E-state index in [9.17, 15) is 18.0 Å². The Morgan fingerprint density at radius 3 is 2.87 bits per heavy atom. The highest BCUT2D eigenvalue weighted by atomic mass is 32.2. The number of aromatic nitrogens is 1. The van der Waals surface area contributed by atoms with Gasteiger partial charge in [-0.15, -0.1) is 11.3 Å². The molecule has 0 aliphatic carbocycles. The Hall–Kier alpha value is -2.50. The van der Waals surface area contributed by atoms with Crippen molar-refractivity contribution >= 4 is 59.8 Å². The molecule has 1 atom stereocenters. The summed E-state index contributed by atoms with van der Waals surface area (Å²) in [7, 11) is -3.31. The van der Waals surface area contributed by atoms with E-state index in [4.69, 9.17) is 0 Å². The number of fused-ring (bicyclic) bond motifs is 1. The standard InChI is InChI=1S/C20H22N4O4S3/c1-31(27,28)15-6-7-16-17(10-15)30-19(22-16)23-18(25)13-4-2-8-24(12-13)20(26)21-11-14-5-3-9-29-14/h3,5-7,9-10,13H,2,4,8,11-12H2,1H3,(H,21,26)(H,22,23,25). The maximum atomic E-state index is 12.8. The zero-order valence-corrected chi connectivity index (χ0v) is 19.3. The van der Waals surface area contributed by atoms with Crippen molar-refractivity contribution < 1.29 is 18.0 Å². The first kappa shape index (κ1) is 21.7. The number of carbonyl (C=O) groups is 2. The molecule has 11 heteroatoms. The lowest BCUT2D eigenvalue weighted by atomic mass is 9.97. The number of anilines is 1. The summed E-state index contributed by atoms with van der Waals surface area (Å²) in [6.07, 6.45) is 2.61. The quantitative estimate of drug-likeness (QED) is 0.585. The van der Waals surface area contributed by atoms with E-state index >= 15 is 0 Å². The highest BCUT2D eigenvalue weighted by Crippen LogP contribution is 2.29. The Morgan fingerprint density at radius 1 is 1.29 bits per heavy atom. The number of hydrogen-bond acceptors (Lipinski definition) is 7. The molecule has 1 fully saturated rings. The third kappa shape index (κ3) is 5.23. The number of urea groups is 1. The van der Waals surface area contributed by atoms with Gasteiger partial charge < -0.3 is 15.5 Å². The van der Waals surface area contributed by atoms with Crippen molar-refractivity contribution in [1.82, 2.24) is 15.2 Å². The highest BCUT2D eigenvalue weighted by Gasteiger charge is 2.29. The summed E-state index contributed by atoms with van der Waals surface area (Å²) < 4.78 is 24.2. The maximum Gasteiger partial charge on any atom is 0.317 e. The van der Waals surface area contributed by atoms with Crippen LogP contribution in [0.25, 0.3) is 10.2 Å². The van der Waals surface area contributed by atoms with Crippen molar-refractivity contribution in [3.05, 3.63) is 40.6 Å². The van der Waals surface area contributed by atoms with Crippen LogP contribution in [0.2, 0.25) is 0 Å². The van der Waals surface area contributed by atoms with Crippen LogP contribution in [0, 0.1) is 5.92 Å². The molecule has 1 aliphatic rings. The van der Waals surface area contributed by atoms with Gasteiger partial charge in [-0.3, -0.25) is 4.79 Å². The van der Waals surface area contributed by atoms with Crippen molar-refractivity contribution in [2.45, 2.75) is 24.3 Å². The van der Waals surface area contributed by atoms with E-state index in [2.05, 4.69) is 15.6 Å². The number of benzene rings is 1. The number of piperidine rings is 1. The number of sulfone groups is 1. The predicted octanol–water partition coefficient (Wildman–Crippen LogP) is 3.32. The smallest absolute Gasteiger partial charge is 0.317 e. The highest BCUT2D eigenvalue weighted by molar-refractivity contribution is 7.90. The Balaban J connectivity index is 1.38. The molecule has 1 aliphatic heterocycles. The van der Waals surface area contributed by atoms with E-state index in [1.807, 2.05) is 17.5 Å². The SMILES string of the molecule is CS(=O)(=O)c1ccc2nc(NC(=O)C3CCCN(C(=O)NCc4cccs4)C3)sc2c1. The second-order valence-electron chi connectivity index (χ2n) is 7.43. The van der Waals surface area contributed by atoms with Gasteiger partial charge in [0, 0.05) is 24.2 Å². The second-order valence-corrected chi connectivity index (χ2v) is 11.5. The molecular weight excluding hydrogens is 456 g/mol. The predicted molar refractivity (Wildman–Crippen MR) is 122 cm³/mol. The molecule has 4 rings (SSSR count). The van der Waals surface area contributed by atoms with Gasteiger partial charge in [0.25, 0.3) is 0 Å². The number of thiophene rings is 1. The van der Waals surface area contributed by atoms with E-state index < -0.39 is 9.84 Å². The number of carbonyl (C=O) groups excluding carboxylic acids is 2. The van der Waals surface area contributed by atoms with Gasteiger partial charge in [0.1, 0.15) is 0 Å². The summed E-state index contributed by atoms with van der Waals surface area (Å²) in [6, 6.07) is 8.46. The van der Waals surface area contributed by atoms with Gasteiger partial charge in [0.15, 0.2) is 15.0 Å². The molecule has 0 spiro atoms. The maximum absolute atomic E-state index is 12.8. The molecule has 3 amide bonds. The fourth-order valence-electron chi connectivity index (χ4n) is 3.46. The summed E-state index contributed by atoms with van der Waals surface area (Å²) in [6.45, 7) is 1.45. The Morgan fingerprint density at radius 2 is 2.13 bits per heavy atom. The zero-order chi connectivity index (χ0) is 22.0. The average Bonchev–Trinajstić information content (AvgIpc) is 3.40. The molecule has 0 saturated carbocycles. The molecule has 3 heterocycles. The average molecular weight is 479 g/mol. The minimum atomic E-state index is -3.31. The van der Waals surface area contributed by atoms with E-state index in [-0.39, 0.29) is 22.8 Å². The topological polar surface area (TPSA) is 108 Å². The lowest BCUT2D eigenvalue weighted by molar-refractivity contribution is -0.121. The molecule has 8 nitrogen and oxygen atoms in total. The number of likely N-dealkylation sites (tertiary alicyclic amines) is 1. The first-order valence-corrected chi connectivity index (χ1v) is 13.3. The number of nitrogens with zero attached hydrogens (tertiary/aromatic N) is 2. The van der Waals surface area contributed by atoms with Gasteiger partial charge in [-0.1, -0.05) is 17.4 Å². The van der Waals surface area contributed by atoms with Crippen LogP contribution in [0.3, 0.4) is 0 Å². The first-order chi connectivity index (χ1) is 14.8. The van der Waals surface area contributed by atoms with Crippen LogP contribution in [0.4, 0.5) is 9.93 Å². The third-order valence-corrected chi connectivity index (χ3v) is 8.01. The summed E-state index contributed by atoms with van der Waals surface area (Å²) in [5.41, 5.74) is 0.630. The van der Waals surface area contributed by atoms with Crippen LogP contribution < -0.4 is 10.6 Å². The molecule has 31 heavy (non-hydrogen) atoms. The zero-order valence-electron chi connectivity index (χ0n) is 16.8. The van der Waals surface area contributed by atoms with E-state index in [0.29, 0.717) is 41.4 Å². The molecule has 0 bridgehead atoms. The Bertz CT molecular complexity index is 1200. The largest absolute Gasteiger partial charge is 0.333 e. The second kappa shape index (κ2) is 8.93. The van der Waals surface area contributed by atoms with Crippen molar-refractivity contribution in [2.75, 3.05) is 24.7 Å². The lowest BCUT2D eigenvalue weighted by Gasteiger charge is -2.31. The molecule has 3 aromatic rings. The summed E-state index contributed by atoms with van der Waals surface area (Å²) in [4.78, 5) is 32.6. The summed E-state index contributed by atoms with van der Waals surface area (Å²) in [5.74, 6) is -0.502. The summed E-state index contributed by atoms with van der Waals surface area (Å²) >= 11 is 2.82. The molecule has 0 radical (unpaired) electrons. The lowest BCUT2D eigenvalue weighted by Crippen LogP contribution is -2.47. The van der Waals surface area contributed by atoms with Crippen LogP contribution in [-0.2, 0) is 21.2 Å². The number of rotatable bonds is 5. The molecule has 1 unspecified atom stereocenters. The van der Waals surface area contributed by atoms with Crippen LogP contribution in [0.1, 0.15) is 17.7 Å². The van der Waals surface area contributed by atoms with Gasteiger partial charge in [-0.2, -0.15) is 0 Å². The fraction of sp³-hybridized carbons (Fsp3) is 0.350. The van der Waals surface area contributed by atoms with Gasteiger partial charge in [0.05, 0.1) is 27.6 Å². The minimum Gasteiger partial charge on any atom is -0.333 e. The molecule has 164 valence electrons.